The molecule has 0 saturated carbocycles. The molecule has 0 fully saturated rings. The average Bonchev–Trinajstić information content (AvgIpc) is 2.71. The molecular formula is C14H20N. The van der Waals surface area contributed by atoms with Crippen LogP contribution in [0.25, 0.3) is 0 Å². The standard InChI is InChI=1S/C14H20N/c1-2-3-4-5-6-12-7-8-14-13(11-12)9-10-15-14/h7-8,11,15H,1-6,9-10H2. The van der Waals surface area contributed by atoms with Crippen LogP contribution in [-0.4, -0.2) is 6.54 Å². The summed E-state index contributed by atoms with van der Waals surface area (Å²) in [5.74, 6) is 0. The third kappa shape index (κ3) is 2.74. The fourth-order valence-corrected chi connectivity index (χ4v) is 2.20. The molecule has 2 rings (SSSR count). The van der Waals surface area contributed by atoms with E-state index >= 15 is 0 Å². The van der Waals surface area contributed by atoms with Gasteiger partial charge in [-0.25, -0.2) is 0 Å². The van der Waals surface area contributed by atoms with Gasteiger partial charge in [0.15, 0.2) is 0 Å². The molecule has 0 aliphatic carbocycles. The van der Waals surface area contributed by atoms with Crippen LogP contribution in [0.1, 0.15) is 36.8 Å². The maximum atomic E-state index is 3.87. The van der Waals surface area contributed by atoms with Crippen LogP contribution in [0.15, 0.2) is 18.2 Å². The summed E-state index contributed by atoms with van der Waals surface area (Å²) in [5, 5.41) is 3.40. The highest BCUT2D eigenvalue weighted by molar-refractivity contribution is 5.56. The fraction of sp³-hybridized carbons (Fsp3) is 0.500. The SMILES string of the molecule is [CH2]CCCCCc1ccc2c(c1)CCN2. The molecule has 0 atom stereocenters. The molecule has 1 heteroatoms. The Morgan fingerprint density at radius 1 is 1.20 bits per heavy atom. The molecule has 1 N–H and O–H groups in total. The number of hydrogen-bond acceptors (Lipinski definition) is 1. The van der Waals surface area contributed by atoms with Crippen molar-refractivity contribution in [1.29, 1.82) is 0 Å². The van der Waals surface area contributed by atoms with Crippen molar-refractivity contribution in [2.45, 2.75) is 38.5 Å². The van der Waals surface area contributed by atoms with Gasteiger partial charge in [-0.15, -0.1) is 0 Å². The Hall–Kier alpha value is -0.980. The zero-order chi connectivity index (χ0) is 10.5. The molecule has 1 nitrogen and oxygen atoms in total. The second kappa shape index (κ2) is 5.20. The Balaban J connectivity index is 1.87. The van der Waals surface area contributed by atoms with Crippen LogP contribution < -0.4 is 5.32 Å². The van der Waals surface area contributed by atoms with Gasteiger partial charge in [0.25, 0.3) is 0 Å². The third-order valence-electron chi connectivity index (χ3n) is 3.09. The van der Waals surface area contributed by atoms with Gasteiger partial charge in [0.1, 0.15) is 0 Å². The summed E-state index contributed by atoms with van der Waals surface area (Å²) in [4.78, 5) is 0. The molecule has 1 aliphatic heterocycles. The van der Waals surface area contributed by atoms with E-state index in [9.17, 15) is 0 Å². The van der Waals surface area contributed by atoms with Crippen molar-refractivity contribution in [3.05, 3.63) is 36.2 Å². The summed E-state index contributed by atoms with van der Waals surface area (Å²) >= 11 is 0. The normalized spacial score (nSPS) is 13.7. The minimum atomic E-state index is 1.08. The number of benzene rings is 1. The number of rotatable bonds is 5. The number of nitrogens with one attached hydrogen (secondary N) is 1. The highest BCUT2D eigenvalue weighted by atomic mass is 14.9. The van der Waals surface area contributed by atoms with Crippen LogP contribution in [0.3, 0.4) is 0 Å². The summed E-state index contributed by atoms with van der Waals surface area (Å²) in [6, 6.07) is 6.87. The number of unbranched alkanes of at least 4 members (excludes halogenated alkanes) is 3. The van der Waals surface area contributed by atoms with Gasteiger partial charge in [-0.1, -0.05) is 38.3 Å². The molecule has 1 aromatic rings. The van der Waals surface area contributed by atoms with Crippen molar-refractivity contribution in [2.75, 3.05) is 11.9 Å². The molecule has 1 aliphatic rings. The van der Waals surface area contributed by atoms with Gasteiger partial charge in [-0.05, 0) is 36.5 Å². The average molecular weight is 202 g/mol. The van der Waals surface area contributed by atoms with Crippen LogP contribution in [-0.2, 0) is 12.8 Å². The van der Waals surface area contributed by atoms with E-state index in [4.69, 9.17) is 0 Å². The van der Waals surface area contributed by atoms with Gasteiger partial charge >= 0.3 is 0 Å². The van der Waals surface area contributed by atoms with Crippen LogP contribution in [0.5, 0.6) is 0 Å². The van der Waals surface area contributed by atoms with E-state index in [1.165, 1.54) is 48.9 Å². The van der Waals surface area contributed by atoms with Crippen LogP contribution in [0.4, 0.5) is 5.69 Å². The van der Waals surface area contributed by atoms with E-state index in [1.807, 2.05) is 0 Å². The van der Waals surface area contributed by atoms with E-state index in [-0.39, 0.29) is 0 Å². The molecule has 1 radical (unpaired) electrons. The summed E-state index contributed by atoms with van der Waals surface area (Å²) in [5.41, 5.74) is 4.35. The quantitative estimate of drug-likeness (QED) is 0.719. The van der Waals surface area contributed by atoms with E-state index < -0.39 is 0 Å². The van der Waals surface area contributed by atoms with Crippen molar-refractivity contribution in [3.8, 4) is 0 Å². The summed E-state index contributed by atoms with van der Waals surface area (Å²) in [6.45, 7) is 4.98. The Labute approximate surface area is 92.9 Å². The Bertz CT molecular complexity index is 317. The van der Waals surface area contributed by atoms with Gasteiger partial charge < -0.3 is 5.32 Å². The first-order valence-electron chi connectivity index (χ1n) is 6.05. The van der Waals surface area contributed by atoms with Crippen molar-refractivity contribution >= 4 is 5.69 Å². The van der Waals surface area contributed by atoms with E-state index in [0.717, 1.165) is 13.0 Å². The van der Waals surface area contributed by atoms with Gasteiger partial charge in [0, 0.05) is 12.2 Å². The number of fused-ring (bicyclic) bond motifs is 1. The molecule has 15 heavy (non-hydrogen) atoms. The molecule has 0 aromatic heterocycles. The van der Waals surface area contributed by atoms with Crippen LogP contribution in [0.2, 0.25) is 0 Å². The minimum absolute atomic E-state index is 1.08. The van der Waals surface area contributed by atoms with Gasteiger partial charge in [0.05, 0.1) is 0 Å². The molecule has 0 unspecified atom stereocenters. The fourth-order valence-electron chi connectivity index (χ4n) is 2.20. The lowest BCUT2D eigenvalue weighted by Gasteiger charge is -2.04. The Kier molecular flexibility index (Phi) is 3.65. The second-order valence-electron chi connectivity index (χ2n) is 4.33. The smallest absolute Gasteiger partial charge is 0.0373 e. The lowest BCUT2D eigenvalue weighted by atomic mass is 10.0. The highest BCUT2D eigenvalue weighted by Gasteiger charge is 2.09. The maximum absolute atomic E-state index is 3.87. The number of hydrogen-bond donors (Lipinski definition) is 1. The Morgan fingerprint density at radius 2 is 2.13 bits per heavy atom. The first kappa shape index (κ1) is 10.5. The van der Waals surface area contributed by atoms with Crippen molar-refractivity contribution < 1.29 is 0 Å². The summed E-state index contributed by atoms with van der Waals surface area (Å²) < 4.78 is 0. The van der Waals surface area contributed by atoms with Crippen molar-refractivity contribution in [2.24, 2.45) is 0 Å². The van der Waals surface area contributed by atoms with Crippen LogP contribution in [0, 0.1) is 6.92 Å². The van der Waals surface area contributed by atoms with E-state index in [1.54, 1.807) is 0 Å². The minimum Gasteiger partial charge on any atom is -0.384 e. The molecule has 0 spiro atoms. The monoisotopic (exact) mass is 202 g/mol. The van der Waals surface area contributed by atoms with Crippen molar-refractivity contribution in [3.63, 3.8) is 0 Å². The molecular weight excluding hydrogens is 182 g/mol. The number of aryl methyl sites for hydroxylation is 1. The summed E-state index contributed by atoms with van der Waals surface area (Å²) in [6.07, 6.45) is 7.40. The second-order valence-corrected chi connectivity index (χ2v) is 4.33. The first-order valence-corrected chi connectivity index (χ1v) is 6.05. The van der Waals surface area contributed by atoms with Crippen LogP contribution >= 0.6 is 0 Å². The van der Waals surface area contributed by atoms with Gasteiger partial charge in [-0.3, -0.25) is 0 Å². The predicted molar refractivity (Wildman–Crippen MR) is 66.2 cm³/mol. The zero-order valence-electron chi connectivity index (χ0n) is 9.39. The third-order valence-corrected chi connectivity index (χ3v) is 3.09. The lowest BCUT2D eigenvalue weighted by molar-refractivity contribution is 0.685. The maximum Gasteiger partial charge on any atom is 0.0373 e. The predicted octanol–water partition coefficient (Wildman–Crippen LogP) is 3.59. The first-order chi connectivity index (χ1) is 7.40. The largest absolute Gasteiger partial charge is 0.384 e. The Morgan fingerprint density at radius 3 is 3.00 bits per heavy atom. The summed E-state index contributed by atoms with van der Waals surface area (Å²) in [7, 11) is 0. The lowest BCUT2D eigenvalue weighted by Crippen LogP contribution is -1.90. The molecule has 81 valence electrons. The topological polar surface area (TPSA) is 12.0 Å². The van der Waals surface area contributed by atoms with Crippen molar-refractivity contribution in [1.82, 2.24) is 0 Å². The van der Waals surface area contributed by atoms with E-state index in [0.29, 0.717) is 0 Å². The number of anilines is 1. The van der Waals surface area contributed by atoms with Gasteiger partial charge in [-0.2, -0.15) is 0 Å². The van der Waals surface area contributed by atoms with Gasteiger partial charge in [0.2, 0.25) is 0 Å². The molecule has 0 saturated heterocycles. The van der Waals surface area contributed by atoms with E-state index in [2.05, 4.69) is 30.4 Å². The zero-order valence-corrected chi connectivity index (χ0v) is 9.39. The molecule has 0 bridgehead atoms. The molecule has 1 heterocycles. The molecule has 1 aromatic carbocycles. The molecule has 0 amide bonds. The highest BCUT2D eigenvalue weighted by Crippen LogP contribution is 2.23.